The molecule has 0 amide bonds. The fraction of sp³-hybridized carbons (Fsp3) is 1.00. The third-order valence-electron chi connectivity index (χ3n) is 4.85. The Morgan fingerprint density at radius 1 is 1.00 bits per heavy atom. The van der Waals surface area contributed by atoms with Gasteiger partial charge in [0.2, 0.25) is 0 Å². The van der Waals surface area contributed by atoms with E-state index in [1.807, 2.05) is 0 Å². The number of ether oxygens (including phenoxy) is 1. The van der Waals surface area contributed by atoms with Gasteiger partial charge >= 0.3 is 0 Å². The molecular weight excluding hydrogens is 248 g/mol. The van der Waals surface area contributed by atoms with E-state index in [1.54, 1.807) is 0 Å². The molecule has 0 aliphatic carbocycles. The minimum Gasteiger partial charge on any atom is -0.379 e. The lowest BCUT2D eigenvalue weighted by Gasteiger charge is -2.44. The highest BCUT2D eigenvalue weighted by atomic mass is 16.5. The highest BCUT2D eigenvalue weighted by Gasteiger charge is 2.33. The van der Waals surface area contributed by atoms with Crippen LogP contribution in [0.4, 0.5) is 0 Å². The second-order valence-electron chi connectivity index (χ2n) is 6.77. The van der Waals surface area contributed by atoms with Gasteiger partial charge in [-0.05, 0) is 20.3 Å². The zero-order valence-electron chi connectivity index (χ0n) is 14.0. The number of nitrogens with zero attached hydrogens (tertiary/aromatic N) is 1. The zero-order chi connectivity index (χ0) is 14.8. The average Bonchev–Trinajstić information content (AvgIpc) is 2.47. The first-order valence-corrected chi connectivity index (χ1v) is 8.67. The predicted octanol–water partition coefficient (Wildman–Crippen LogP) is 3.57. The molecule has 2 N–H and O–H groups in total. The topological polar surface area (TPSA) is 38.5 Å². The smallest absolute Gasteiger partial charge is 0.0594 e. The number of morpholine rings is 1. The van der Waals surface area contributed by atoms with Crippen LogP contribution >= 0.6 is 0 Å². The van der Waals surface area contributed by atoms with Crippen LogP contribution in [0, 0.1) is 0 Å². The van der Waals surface area contributed by atoms with E-state index in [2.05, 4.69) is 25.7 Å². The predicted molar refractivity (Wildman–Crippen MR) is 87.1 cm³/mol. The Bertz CT molecular complexity index is 237. The summed E-state index contributed by atoms with van der Waals surface area (Å²) < 4.78 is 5.44. The number of rotatable bonds is 10. The van der Waals surface area contributed by atoms with Gasteiger partial charge in [-0.1, -0.05) is 51.9 Å². The van der Waals surface area contributed by atoms with E-state index in [-0.39, 0.29) is 11.6 Å². The van der Waals surface area contributed by atoms with Crippen LogP contribution in [0.1, 0.15) is 72.1 Å². The van der Waals surface area contributed by atoms with Crippen LogP contribution in [0.15, 0.2) is 0 Å². The van der Waals surface area contributed by atoms with E-state index < -0.39 is 0 Å². The molecule has 0 aromatic rings. The van der Waals surface area contributed by atoms with Crippen LogP contribution in [-0.2, 0) is 4.74 Å². The minimum atomic E-state index is 0.103. The SMILES string of the molecule is CCCCCCCCCC(N)C(C)(C)N1CCOCC1. The Hall–Kier alpha value is -0.120. The maximum atomic E-state index is 6.46. The van der Waals surface area contributed by atoms with Crippen molar-refractivity contribution in [3.05, 3.63) is 0 Å². The highest BCUT2D eigenvalue weighted by Crippen LogP contribution is 2.23. The summed E-state index contributed by atoms with van der Waals surface area (Å²) in [7, 11) is 0. The van der Waals surface area contributed by atoms with Gasteiger partial charge in [0, 0.05) is 24.7 Å². The van der Waals surface area contributed by atoms with Crippen LogP contribution in [0.25, 0.3) is 0 Å². The summed E-state index contributed by atoms with van der Waals surface area (Å²) in [6.07, 6.45) is 10.7. The third-order valence-corrected chi connectivity index (χ3v) is 4.85. The quantitative estimate of drug-likeness (QED) is 0.623. The first-order valence-electron chi connectivity index (χ1n) is 8.67. The van der Waals surface area contributed by atoms with Crippen LogP contribution in [0.2, 0.25) is 0 Å². The van der Waals surface area contributed by atoms with Gasteiger partial charge in [0.05, 0.1) is 13.2 Å². The summed E-state index contributed by atoms with van der Waals surface area (Å²) in [4.78, 5) is 2.50. The molecule has 0 aromatic heterocycles. The molecule has 20 heavy (non-hydrogen) atoms. The van der Waals surface area contributed by atoms with Crippen molar-refractivity contribution in [2.24, 2.45) is 5.73 Å². The Labute approximate surface area is 126 Å². The molecule has 1 heterocycles. The summed E-state index contributed by atoms with van der Waals surface area (Å²) in [6, 6.07) is 0.274. The van der Waals surface area contributed by atoms with Crippen molar-refractivity contribution >= 4 is 0 Å². The lowest BCUT2D eigenvalue weighted by atomic mass is 9.88. The van der Waals surface area contributed by atoms with Crippen molar-refractivity contribution in [1.82, 2.24) is 4.90 Å². The molecule has 0 radical (unpaired) electrons. The van der Waals surface area contributed by atoms with Crippen molar-refractivity contribution in [2.75, 3.05) is 26.3 Å². The Morgan fingerprint density at radius 2 is 1.55 bits per heavy atom. The van der Waals surface area contributed by atoms with E-state index in [1.165, 1.54) is 44.9 Å². The summed E-state index contributed by atoms with van der Waals surface area (Å²) in [6.45, 7) is 10.6. The Balaban J connectivity index is 2.15. The summed E-state index contributed by atoms with van der Waals surface area (Å²) >= 11 is 0. The number of hydrogen-bond donors (Lipinski definition) is 1. The minimum absolute atomic E-state index is 0.103. The van der Waals surface area contributed by atoms with Crippen molar-refractivity contribution in [2.45, 2.75) is 83.7 Å². The number of hydrogen-bond acceptors (Lipinski definition) is 3. The van der Waals surface area contributed by atoms with Crippen molar-refractivity contribution in [3.8, 4) is 0 Å². The van der Waals surface area contributed by atoms with Gasteiger partial charge in [-0.2, -0.15) is 0 Å². The molecule has 1 rings (SSSR count). The third kappa shape index (κ3) is 6.11. The molecule has 0 spiro atoms. The Morgan fingerprint density at radius 3 is 2.15 bits per heavy atom. The molecule has 0 bridgehead atoms. The molecular formula is C17H36N2O. The first kappa shape index (κ1) is 17.9. The van der Waals surface area contributed by atoms with Crippen molar-refractivity contribution < 1.29 is 4.74 Å². The lowest BCUT2D eigenvalue weighted by molar-refractivity contribution is -0.0197. The highest BCUT2D eigenvalue weighted by molar-refractivity contribution is 4.92. The number of unbranched alkanes of at least 4 members (excludes halogenated alkanes) is 6. The largest absolute Gasteiger partial charge is 0.379 e. The molecule has 3 heteroatoms. The molecule has 1 fully saturated rings. The Kier molecular flexibility index (Phi) is 8.74. The van der Waals surface area contributed by atoms with Crippen LogP contribution in [0.3, 0.4) is 0 Å². The van der Waals surface area contributed by atoms with Crippen LogP contribution < -0.4 is 5.73 Å². The van der Waals surface area contributed by atoms with Gasteiger partial charge in [0.15, 0.2) is 0 Å². The summed E-state index contributed by atoms with van der Waals surface area (Å²) in [5.41, 5.74) is 6.57. The molecule has 0 aromatic carbocycles. The van der Waals surface area contributed by atoms with E-state index in [4.69, 9.17) is 10.5 Å². The maximum absolute atomic E-state index is 6.46. The van der Waals surface area contributed by atoms with E-state index in [0.29, 0.717) is 0 Å². The standard InChI is InChI=1S/C17H36N2O/c1-4-5-6-7-8-9-10-11-16(18)17(2,3)19-12-14-20-15-13-19/h16H,4-15,18H2,1-3H3. The fourth-order valence-electron chi connectivity index (χ4n) is 3.05. The molecule has 120 valence electrons. The van der Waals surface area contributed by atoms with Crippen molar-refractivity contribution in [1.29, 1.82) is 0 Å². The maximum Gasteiger partial charge on any atom is 0.0594 e. The molecule has 0 saturated carbocycles. The van der Waals surface area contributed by atoms with E-state index in [0.717, 1.165) is 32.7 Å². The van der Waals surface area contributed by atoms with Gasteiger partial charge in [-0.3, -0.25) is 4.90 Å². The monoisotopic (exact) mass is 284 g/mol. The molecule has 1 aliphatic heterocycles. The average molecular weight is 284 g/mol. The van der Waals surface area contributed by atoms with Gasteiger partial charge in [-0.15, -0.1) is 0 Å². The van der Waals surface area contributed by atoms with Crippen LogP contribution in [-0.4, -0.2) is 42.8 Å². The first-order chi connectivity index (χ1) is 9.59. The summed E-state index contributed by atoms with van der Waals surface area (Å²) in [5.74, 6) is 0. The lowest BCUT2D eigenvalue weighted by Crippen LogP contribution is -2.59. The fourth-order valence-corrected chi connectivity index (χ4v) is 3.05. The molecule has 1 unspecified atom stereocenters. The van der Waals surface area contributed by atoms with Gasteiger partial charge < -0.3 is 10.5 Å². The second-order valence-corrected chi connectivity index (χ2v) is 6.77. The van der Waals surface area contributed by atoms with Crippen LogP contribution in [0.5, 0.6) is 0 Å². The molecule has 1 saturated heterocycles. The van der Waals surface area contributed by atoms with E-state index in [9.17, 15) is 0 Å². The van der Waals surface area contributed by atoms with Gasteiger partial charge in [-0.25, -0.2) is 0 Å². The molecule has 1 atom stereocenters. The molecule has 1 aliphatic rings. The molecule has 3 nitrogen and oxygen atoms in total. The van der Waals surface area contributed by atoms with Gasteiger partial charge in [0.1, 0.15) is 0 Å². The summed E-state index contributed by atoms with van der Waals surface area (Å²) in [5, 5.41) is 0. The van der Waals surface area contributed by atoms with Crippen molar-refractivity contribution in [3.63, 3.8) is 0 Å². The van der Waals surface area contributed by atoms with E-state index >= 15 is 0 Å². The normalized spacial score (nSPS) is 19.2. The second kappa shape index (κ2) is 9.75. The van der Waals surface area contributed by atoms with Gasteiger partial charge in [0.25, 0.3) is 0 Å². The zero-order valence-corrected chi connectivity index (χ0v) is 14.0. The number of nitrogens with two attached hydrogens (primary N) is 1.